The van der Waals surface area contributed by atoms with Gasteiger partial charge in [-0.1, -0.05) is 23.2 Å². The quantitative estimate of drug-likeness (QED) is 0.780. The predicted octanol–water partition coefficient (Wildman–Crippen LogP) is 2.71. The average molecular weight is 347 g/mol. The van der Waals surface area contributed by atoms with Crippen LogP contribution in [-0.2, 0) is 16.4 Å². The second-order valence-corrected chi connectivity index (χ2v) is 7.73. The normalized spacial score (nSPS) is 11.6. The van der Waals surface area contributed by atoms with E-state index in [4.69, 9.17) is 23.2 Å². The third-order valence-electron chi connectivity index (χ3n) is 2.74. The maximum absolute atomic E-state index is 11.2. The van der Waals surface area contributed by atoms with Crippen LogP contribution in [0.1, 0.15) is 10.4 Å². The van der Waals surface area contributed by atoms with Crippen LogP contribution < -0.4 is 0 Å². The summed E-state index contributed by atoms with van der Waals surface area (Å²) in [5.41, 5.74) is 1.37. The van der Waals surface area contributed by atoms with Crippen LogP contribution in [-0.4, -0.2) is 36.5 Å². The molecule has 0 spiro atoms. The molecule has 1 aromatic heterocycles. The number of nitrogens with zero attached hydrogens (tertiary/aromatic N) is 2. The van der Waals surface area contributed by atoms with Crippen molar-refractivity contribution < 1.29 is 13.2 Å². The number of aldehydes is 1. The van der Waals surface area contributed by atoms with E-state index in [-0.39, 0.29) is 12.3 Å². The van der Waals surface area contributed by atoms with Crippen molar-refractivity contribution in [3.8, 4) is 11.3 Å². The fraction of sp³-hybridized carbons (Fsp3) is 0.231. The zero-order chi connectivity index (χ0) is 15.6. The van der Waals surface area contributed by atoms with Gasteiger partial charge in [0.2, 0.25) is 0 Å². The van der Waals surface area contributed by atoms with Crippen molar-refractivity contribution >= 4 is 39.3 Å². The van der Waals surface area contributed by atoms with E-state index in [0.717, 1.165) is 6.26 Å². The highest BCUT2D eigenvalue weighted by Crippen LogP contribution is 2.28. The van der Waals surface area contributed by atoms with Crippen LogP contribution in [0.3, 0.4) is 0 Å². The lowest BCUT2D eigenvalue weighted by atomic mass is 10.1. The van der Waals surface area contributed by atoms with Gasteiger partial charge in [-0.25, -0.2) is 8.42 Å². The summed E-state index contributed by atoms with van der Waals surface area (Å²) in [7, 11) is -3.10. The number of carbonyl (C=O) groups is 1. The summed E-state index contributed by atoms with van der Waals surface area (Å²) < 4.78 is 23.8. The number of rotatable bonds is 5. The molecule has 0 atom stereocenters. The Balaban J connectivity index is 2.39. The van der Waals surface area contributed by atoms with Crippen LogP contribution in [0.5, 0.6) is 0 Å². The Morgan fingerprint density at radius 2 is 1.86 bits per heavy atom. The molecular formula is C13H12Cl2N2O3S. The van der Waals surface area contributed by atoms with Gasteiger partial charge in [0.1, 0.15) is 15.5 Å². The zero-order valence-corrected chi connectivity index (χ0v) is 13.4. The van der Waals surface area contributed by atoms with Gasteiger partial charge in [-0.2, -0.15) is 5.10 Å². The molecule has 0 radical (unpaired) electrons. The number of aromatic nitrogens is 2. The molecule has 0 amide bonds. The molecule has 0 fully saturated rings. The SMILES string of the molecule is CS(=O)(=O)CCn1cc(C=O)c(-c2cc(Cl)cc(Cl)c2)n1. The van der Waals surface area contributed by atoms with E-state index in [1.165, 1.54) is 10.9 Å². The number of carbonyl (C=O) groups excluding carboxylic acids is 1. The van der Waals surface area contributed by atoms with Gasteiger partial charge in [-0.05, 0) is 18.2 Å². The first-order chi connectivity index (χ1) is 9.78. The molecule has 112 valence electrons. The molecule has 0 aliphatic heterocycles. The molecule has 0 bridgehead atoms. The number of sulfone groups is 1. The van der Waals surface area contributed by atoms with E-state index < -0.39 is 9.84 Å². The van der Waals surface area contributed by atoms with Crippen molar-refractivity contribution in [2.45, 2.75) is 6.54 Å². The molecule has 0 unspecified atom stereocenters. The minimum absolute atomic E-state index is 0.0529. The summed E-state index contributed by atoms with van der Waals surface area (Å²) >= 11 is 11.9. The van der Waals surface area contributed by atoms with E-state index in [9.17, 15) is 13.2 Å². The molecule has 1 aromatic carbocycles. The number of hydrogen-bond donors (Lipinski definition) is 0. The van der Waals surface area contributed by atoms with E-state index in [2.05, 4.69) is 5.10 Å². The molecule has 0 aliphatic carbocycles. The maximum atomic E-state index is 11.2. The molecule has 21 heavy (non-hydrogen) atoms. The molecule has 2 aromatic rings. The second-order valence-electron chi connectivity index (χ2n) is 4.60. The van der Waals surface area contributed by atoms with Crippen molar-refractivity contribution in [2.24, 2.45) is 0 Å². The predicted molar refractivity (Wildman–Crippen MR) is 82.8 cm³/mol. The fourth-order valence-corrected chi connectivity index (χ4v) is 2.86. The van der Waals surface area contributed by atoms with Crippen LogP contribution in [0, 0.1) is 0 Å². The largest absolute Gasteiger partial charge is 0.298 e. The number of hydrogen-bond acceptors (Lipinski definition) is 4. The van der Waals surface area contributed by atoms with E-state index in [1.807, 2.05) is 0 Å². The maximum Gasteiger partial charge on any atom is 0.153 e. The summed E-state index contributed by atoms with van der Waals surface area (Å²) in [5.74, 6) is -0.0529. The van der Waals surface area contributed by atoms with Crippen molar-refractivity contribution in [3.63, 3.8) is 0 Å². The molecule has 0 aliphatic rings. The molecule has 2 rings (SSSR count). The lowest BCUT2D eigenvalue weighted by molar-refractivity contribution is 0.112. The fourth-order valence-electron chi connectivity index (χ4n) is 1.81. The lowest BCUT2D eigenvalue weighted by Gasteiger charge is -2.01. The Kier molecular flexibility index (Phi) is 4.70. The number of benzene rings is 1. The molecule has 8 heteroatoms. The highest BCUT2D eigenvalue weighted by atomic mass is 35.5. The molecule has 0 saturated carbocycles. The Labute approximate surface area is 132 Å². The molecule has 0 N–H and O–H groups in total. The minimum Gasteiger partial charge on any atom is -0.298 e. The highest BCUT2D eigenvalue weighted by molar-refractivity contribution is 7.90. The topological polar surface area (TPSA) is 69.0 Å². The van der Waals surface area contributed by atoms with Gasteiger partial charge in [-0.3, -0.25) is 9.48 Å². The van der Waals surface area contributed by atoms with Crippen LogP contribution in [0.25, 0.3) is 11.3 Å². The Morgan fingerprint density at radius 3 is 2.38 bits per heavy atom. The van der Waals surface area contributed by atoms with E-state index >= 15 is 0 Å². The van der Waals surface area contributed by atoms with Crippen molar-refractivity contribution in [1.82, 2.24) is 9.78 Å². The average Bonchev–Trinajstić information content (AvgIpc) is 2.77. The van der Waals surface area contributed by atoms with Gasteiger partial charge in [-0.15, -0.1) is 0 Å². The van der Waals surface area contributed by atoms with Gasteiger partial charge >= 0.3 is 0 Å². The monoisotopic (exact) mass is 346 g/mol. The lowest BCUT2D eigenvalue weighted by Crippen LogP contribution is -2.11. The Hall–Kier alpha value is -1.37. The van der Waals surface area contributed by atoms with Crippen LogP contribution in [0.4, 0.5) is 0 Å². The first-order valence-corrected chi connectivity index (χ1v) is 8.77. The summed E-state index contributed by atoms with van der Waals surface area (Å²) in [6, 6.07) is 4.86. The molecule has 5 nitrogen and oxygen atoms in total. The van der Waals surface area contributed by atoms with Gasteiger partial charge in [0.05, 0.1) is 17.9 Å². The summed E-state index contributed by atoms with van der Waals surface area (Å²) in [6.07, 6.45) is 3.31. The van der Waals surface area contributed by atoms with E-state index in [1.54, 1.807) is 18.2 Å². The first kappa shape index (κ1) is 16.0. The third-order valence-corrected chi connectivity index (χ3v) is 4.10. The van der Waals surface area contributed by atoms with Crippen molar-refractivity contribution in [2.75, 3.05) is 12.0 Å². The molecule has 1 heterocycles. The van der Waals surface area contributed by atoms with Gasteiger partial charge in [0, 0.05) is 28.1 Å². The summed E-state index contributed by atoms with van der Waals surface area (Å²) in [4.78, 5) is 11.1. The van der Waals surface area contributed by atoms with Crippen LogP contribution in [0.15, 0.2) is 24.4 Å². The third kappa shape index (κ3) is 4.30. The van der Waals surface area contributed by atoms with Gasteiger partial charge in [0.15, 0.2) is 6.29 Å². The molecule has 0 saturated heterocycles. The smallest absolute Gasteiger partial charge is 0.153 e. The highest BCUT2D eigenvalue weighted by Gasteiger charge is 2.13. The van der Waals surface area contributed by atoms with Crippen molar-refractivity contribution in [1.29, 1.82) is 0 Å². The van der Waals surface area contributed by atoms with E-state index in [0.29, 0.717) is 33.2 Å². The van der Waals surface area contributed by atoms with Gasteiger partial charge < -0.3 is 0 Å². The second kappa shape index (κ2) is 6.17. The number of aryl methyl sites for hydroxylation is 1. The first-order valence-electron chi connectivity index (χ1n) is 5.95. The Morgan fingerprint density at radius 1 is 1.24 bits per heavy atom. The summed E-state index contributed by atoms with van der Waals surface area (Å²) in [6.45, 7) is 0.175. The minimum atomic E-state index is -3.10. The number of halogens is 2. The molecular weight excluding hydrogens is 335 g/mol. The van der Waals surface area contributed by atoms with Crippen LogP contribution >= 0.6 is 23.2 Å². The van der Waals surface area contributed by atoms with Crippen molar-refractivity contribution in [3.05, 3.63) is 40.0 Å². The zero-order valence-electron chi connectivity index (χ0n) is 11.1. The standard InChI is InChI=1S/C13H12Cl2N2O3S/c1-21(19,20)3-2-17-7-10(8-18)13(16-17)9-4-11(14)6-12(15)5-9/h4-8H,2-3H2,1H3. The Bertz CT molecular complexity index is 764. The summed E-state index contributed by atoms with van der Waals surface area (Å²) in [5, 5.41) is 5.10. The van der Waals surface area contributed by atoms with Gasteiger partial charge in [0.25, 0.3) is 0 Å². The van der Waals surface area contributed by atoms with Crippen LogP contribution in [0.2, 0.25) is 10.0 Å².